The molecular weight excluding hydrogens is 1520 g/mol. The Morgan fingerprint density at radius 2 is 0.624 bits per heavy atom. The van der Waals surface area contributed by atoms with E-state index in [9.17, 15) is 89.5 Å². The number of rotatable bonds is 20. The molecule has 3 saturated heterocycles. The maximum atomic E-state index is 13.7. The highest BCUT2D eigenvalue weighted by atomic mass is 35.5. The van der Waals surface area contributed by atoms with Gasteiger partial charge in [0.05, 0.1) is 35.6 Å². The van der Waals surface area contributed by atoms with Crippen molar-refractivity contribution in [3.8, 4) is 0 Å². The molecule has 14 rings (SSSR count). The van der Waals surface area contributed by atoms with Gasteiger partial charge >= 0.3 is 0 Å². The number of allylic oxidation sites excluding steroid dienone is 6. The Hall–Kier alpha value is -14.0. The van der Waals surface area contributed by atoms with Gasteiger partial charge in [-0.15, -0.1) is 12.4 Å². The highest BCUT2D eigenvalue weighted by Crippen LogP contribution is 2.59. The van der Waals surface area contributed by atoms with Gasteiger partial charge < -0.3 is 26.2 Å². The number of ketones is 3. The molecule has 3 aliphatic heterocycles. The standard InChI is InChI=1S/C34H30N4O7.C31H28N4O6.C22H19N3O5.ClH/c1-2-31(39)35-30(22-23-6-4-3-5-7-23)33(41)36-18-16-34(17-19-36)28(20-24-8-12-26(13-9-24)37(42)43)32(40)29(34)21-25-10-14-27(15-11-25)38(44)45;32-28(20-21-4-2-1-3-5-21)30(37)33-16-14-31(15-17-33)26(18-22-6-10-24(11-7-22)34(38)39)29(36)27(31)19-23-8-12-25(13-9-23)35(40)41;26-21-19(13-15-1-5-17(6-2-15)24(27)28)22(9-11-23-12-10-22)20(21)14-16-3-7-18(8-4-16)25(29)30;/h2-15,20-21,30H,1,16-19,22H2,(H,35,39);1-13,18-19,28H,14-17,20,32H2;1-8,13-14,23H,9-12H2;1H/b28-20-,29-21-;26-18-,27-19-;19-13-,20-14-;/t30-;28-;;/m00../s1. The Morgan fingerprint density at radius 1 is 0.385 bits per heavy atom. The molecule has 8 aromatic carbocycles. The SMILES string of the molecule is C=CC(=O)N[C@@H](Cc1ccccc1)C(=O)N1CCC2(CC1)/C(=C\c1ccc([N+](=O)[O-])cc1)C(=O)/C2=C/c1ccc([N+](=O)[O-])cc1.Cl.N[C@@H](Cc1ccccc1)C(=O)N1CCC2(CC1)/C(=C\c1ccc([N+](=O)[O-])cc1)C(=O)/C2=C/c1ccc([N+](=O)[O-])cc1.O=C1/C(=C/c2ccc([N+](=O)[O-])cc2)C2(CCNCC2)/C1=C\c1ccc([N+](=O)[O-])cc1. The van der Waals surface area contributed by atoms with Gasteiger partial charge in [-0.25, -0.2) is 0 Å². The molecule has 2 atom stereocenters. The number of benzene rings is 8. The lowest BCUT2D eigenvalue weighted by Crippen LogP contribution is -2.56. The summed E-state index contributed by atoms with van der Waals surface area (Å²) in [6.45, 7) is 6.51. The minimum Gasteiger partial charge on any atom is -0.341 e. The second kappa shape index (κ2) is 36.4. The number of nitrogens with two attached hydrogens (primary N) is 1. The first kappa shape index (κ1) is 83.9. The minimum absolute atomic E-state index is 0. The summed E-state index contributed by atoms with van der Waals surface area (Å²) in [4.78, 5) is 146. The van der Waals surface area contributed by atoms with Crippen molar-refractivity contribution in [1.29, 1.82) is 0 Å². The van der Waals surface area contributed by atoms with Gasteiger partial charge in [0.25, 0.3) is 34.1 Å². The van der Waals surface area contributed by atoms with E-state index in [-0.39, 0.29) is 81.1 Å². The van der Waals surface area contributed by atoms with Gasteiger partial charge in [0.1, 0.15) is 6.04 Å². The molecule has 4 N–H and O–H groups in total. The maximum Gasteiger partial charge on any atom is 0.269 e. The van der Waals surface area contributed by atoms with Crippen LogP contribution in [0.15, 0.2) is 252 Å². The molecule has 8 aromatic rings. The van der Waals surface area contributed by atoms with Crippen molar-refractivity contribution in [1.82, 2.24) is 20.4 Å². The summed E-state index contributed by atoms with van der Waals surface area (Å²) in [5.74, 6) is -1.22. The number of Topliss-reactive ketones (excluding diaryl/α,β-unsaturated/α-hetero) is 3. The Kier molecular flexibility index (Phi) is 26.1. The van der Waals surface area contributed by atoms with E-state index >= 15 is 0 Å². The van der Waals surface area contributed by atoms with Gasteiger partial charge in [-0.3, -0.25) is 89.5 Å². The van der Waals surface area contributed by atoms with Crippen molar-refractivity contribution in [3.63, 3.8) is 0 Å². The van der Waals surface area contributed by atoms with Gasteiger partial charge in [0, 0.05) is 155 Å². The van der Waals surface area contributed by atoms with E-state index in [1.165, 1.54) is 72.8 Å². The maximum absolute atomic E-state index is 13.7. The van der Waals surface area contributed by atoms with E-state index in [4.69, 9.17) is 5.73 Å². The van der Waals surface area contributed by atoms with Crippen LogP contribution in [0.1, 0.15) is 83.0 Å². The van der Waals surface area contributed by atoms with E-state index < -0.39 is 58.4 Å². The van der Waals surface area contributed by atoms with Crippen molar-refractivity contribution >= 4 is 118 Å². The first-order chi connectivity index (χ1) is 55.7. The van der Waals surface area contributed by atoms with Crippen molar-refractivity contribution in [2.75, 3.05) is 39.3 Å². The number of carbonyl (C=O) groups is 6. The predicted molar refractivity (Wildman–Crippen MR) is 440 cm³/mol. The first-order valence-corrected chi connectivity index (χ1v) is 37.2. The number of nitrogens with zero attached hydrogens (tertiary/aromatic N) is 8. The average Bonchev–Trinajstić information content (AvgIpc) is 0.724. The molecule has 3 amide bonds. The van der Waals surface area contributed by atoms with E-state index in [0.29, 0.717) is 120 Å². The van der Waals surface area contributed by atoms with Crippen molar-refractivity contribution in [3.05, 3.63) is 358 Å². The Balaban J connectivity index is 0.000000175. The summed E-state index contributed by atoms with van der Waals surface area (Å²) in [5.41, 5.74) is 14.0. The third-order valence-corrected chi connectivity index (χ3v) is 22.1. The molecule has 29 nitrogen and oxygen atoms in total. The molecule has 6 aliphatic rings. The molecule has 0 aromatic heterocycles. The Labute approximate surface area is 675 Å². The summed E-state index contributed by atoms with van der Waals surface area (Å²) in [7, 11) is 0. The monoisotopic (exact) mass is 1600 g/mol. The largest absolute Gasteiger partial charge is 0.341 e. The minimum atomic E-state index is -0.805. The summed E-state index contributed by atoms with van der Waals surface area (Å²) < 4.78 is 0. The molecule has 0 bridgehead atoms. The van der Waals surface area contributed by atoms with Crippen LogP contribution in [-0.2, 0) is 41.6 Å². The Bertz CT molecular complexity index is 5180. The molecular formula is C87H78ClN11O18. The number of non-ortho nitro benzene ring substituents is 6. The quantitative estimate of drug-likeness (QED) is 0.0362. The molecule has 3 spiro atoms. The Morgan fingerprint density at radius 3 is 0.872 bits per heavy atom. The second-order valence-corrected chi connectivity index (χ2v) is 28.8. The number of likely N-dealkylation sites (tertiary alicyclic amines) is 2. The molecule has 6 fully saturated rings. The van der Waals surface area contributed by atoms with E-state index in [1.807, 2.05) is 72.8 Å². The van der Waals surface area contributed by atoms with E-state index in [2.05, 4.69) is 17.2 Å². The number of nitrogens with one attached hydrogen (secondary N) is 2. The van der Waals surface area contributed by atoms with Crippen LogP contribution in [0.3, 0.4) is 0 Å². The summed E-state index contributed by atoms with van der Waals surface area (Å²) in [6, 6.07) is 53.6. The highest BCUT2D eigenvalue weighted by Gasteiger charge is 2.57. The van der Waals surface area contributed by atoms with Crippen LogP contribution in [0.2, 0.25) is 0 Å². The molecule has 596 valence electrons. The zero-order valence-corrected chi connectivity index (χ0v) is 63.7. The number of halogens is 1. The van der Waals surface area contributed by atoms with Crippen LogP contribution >= 0.6 is 12.4 Å². The highest BCUT2D eigenvalue weighted by molar-refractivity contribution is 6.25. The third kappa shape index (κ3) is 18.6. The fraction of sp³-hybridized carbons (Fsp3) is 0.218. The van der Waals surface area contributed by atoms with Crippen molar-refractivity contribution in [2.45, 2.75) is 63.5 Å². The van der Waals surface area contributed by atoms with Gasteiger partial charge in [0.2, 0.25) is 17.7 Å². The fourth-order valence-electron chi connectivity index (χ4n) is 15.7. The van der Waals surface area contributed by atoms with Gasteiger partial charge in [-0.1, -0.05) is 67.2 Å². The van der Waals surface area contributed by atoms with Crippen LogP contribution < -0.4 is 16.4 Å². The fourth-order valence-corrected chi connectivity index (χ4v) is 15.7. The average molecular weight is 1600 g/mol. The van der Waals surface area contributed by atoms with Crippen molar-refractivity contribution < 1.29 is 58.3 Å². The van der Waals surface area contributed by atoms with Crippen molar-refractivity contribution in [2.24, 2.45) is 22.0 Å². The molecule has 3 aliphatic carbocycles. The van der Waals surface area contributed by atoms with Crippen LogP contribution in [0, 0.1) is 76.9 Å². The smallest absolute Gasteiger partial charge is 0.269 e. The van der Waals surface area contributed by atoms with Crippen LogP contribution in [0.4, 0.5) is 34.1 Å². The third-order valence-electron chi connectivity index (χ3n) is 22.1. The number of hydrogen-bond donors (Lipinski definition) is 3. The van der Waals surface area contributed by atoms with Crippen LogP contribution in [0.5, 0.6) is 0 Å². The number of nitro groups is 6. The number of nitro benzene ring substituents is 6. The number of piperidine rings is 3. The van der Waals surface area contributed by atoms with E-state index in [0.717, 1.165) is 54.3 Å². The van der Waals surface area contributed by atoms with Gasteiger partial charge in [0.15, 0.2) is 17.3 Å². The molecule has 117 heavy (non-hydrogen) atoms. The second-order valence-electron chi connectivity index (χ2n) is 28.8. The molecule has 0 unspecified atom stereocenters. The number of hydrogen-bond acceptors (Lipinski definition) is 20. The molecule has 3 saturated carbocycles. The van der Waals surface area contributed by atoms with Crippen LogP contribution in [-0.4, -0.2) is 126 Å². The molecule has 30 heteroatoms. The van der Waals surface area contributed by atoms with Gasteiger partial charge in [-0.2, -0.15) is 0 Å². The summed E-state index contributed by atoms with van der Waals surface area (Å²) >= 11 is 0. The lowest BCUT2D eigenvalue weighted by atomic mass is 9.54. The lowest BCUT2D eigenvalue weighted by molar-refractivity contribution is -0.385. The normalized spacial score (nSPS) is 18.7. The summed E-state index contributed by atoms with van der Waals surface area (Å²) in [5, 5.41) is 72.1. The number of amides is 3. The first-order valence-electron chi connectivity index (χ1n) is 37.2. The molecule has 3 heterocycles. The zero-order valence-electron chi connectivity index (χ0n) is 62.8. The topological polar surface area (TPSA) is 418 Å². The predicted octanol–water partition coefficient (Wildman–Crippen LogP) is 14.2. The molecule has 0 radical (unpaired) electrons. The van der Waals surface area contributed by atoms with Crippen LogP contribution in [0.25, 0.3) is 36.5 Å². The lowest BCUT2D eigenvalue weighted by Gasteiger charge is -2.51. The number of carbonyl (C=O) groups excluding carboxylic acids is 6. The zero-order chi connectivity index (χ0) is 82.6. The summed E-state index contributed by atoms with van der Waals surface area (Å²) in [6.07, 6.45) is 15.9. The van der Waals surface area contributed by atoms with E-state index in [1.54, 1.807) is 107 Å². The van der Waals surface area contributed by atoms with Gasteiger partial charge in [-0.05, 0) is 218 Å².